The monoisotopic (exact) mass is 265 g/mol. The maximum atomic E-state index is 13.5. The van der Waals surface area contributed by atoms with Gasteiger partial charge in [0.15, 0.2) is 5.82 Å². The van der Waals surface area contributed by atoms with E-state index >= 15 is 0 Å². The Labute approximate surface area is 108 Å². The Hall–Kier alpha value is -2.14. The van der Waals surface area contributed by atoms with Gasteiger partial charge >= 0.3 is 0 Å². The topological polar surface area (TPSA) is 68.0 Å². The van der Waals surface area contributed by atoms with Crippen molar-refractivity contribution in [1.82, 2.24) is 4.98 Å². The highest BCUT2D eigenvalue weighted by Crippen LogP contribution is 2.18. The summed E-state index contributed by atoms with van der Waals surface area (Å²) < 4.78 is 13.5. The highest BCUT2D eigenvalue weighted by atomic mass is 35.5. The normalized spacial score (nSPS) is 10.1. The zero-order valence-corrected chi connectivity index (χ0v) is 9.91. The molecule has 1 aromatic heterocycles. The van der Waals surface area contributed by atoms with Crippen LogP contribution in [0.5, 0.6) is 0 Å². The number of benzene rings is 1. The fourth-order valence-corrected chi connectivity index (χ4v) is 1.54. The lowest BCUT2D eigenvalue weighted by Crippen LogP contribution is -2.15. The number of nitrogens with one attached hydrogen (secondary N) is 1. The van der Waals surface area contributed by atoms with E-state index in [1.807, 2.05) is 0 Å². The van der Waals surface area contributed by atoms with E-state index in [1.54, 1.807) is 12.1 Å². The van der Waals surface area contributed by atoms with Crippen LogP contribution in [0.25, 0.3) is 0 Å². The summed E-state index contributed by atoms with van der Waals surface area (Å²) in [5.41, 5.74) is 5.76. The average Bonchev–Trinajstić information content (AvgIpc) is 2.35. The van der Waals surface area contributed by atoms with Gasteiger partial charge in [-0.05, 0) is 30.3 Å². The molecule has 1 amide bonds. The summed E-state index contributed by atoms with van der Waals surface area (Å²) in [6.45, 7) is 0. The fraction of sp³-hybridized carbons (Fsp3) is 0. The third kappa shape index (κ3) is 2.57. The Balaban J connectivity index is 2.28. The van der Waals surface area contributed by atoms with E-state index in [0.29, 0.717) is 5.69 Å². The third-order valence-electron chi connectivity index (χ3n) is 2.24. The van der Waals surface area contributed by atoms with E-state index in [2.05, 4.69) is 10.3 Å². The van der Waals surface area contributed by atoms with Crippen LogP contribution in [0.3, 0.4) is 0 Å². The second kappa shape index (κ2) is 5.01. The molecule has 0 radical (unpaired) electrons. The van der Waals surface area contributed by atoms with Crippen LogP contribution in [0.1, 0.15) is 10.4 Å². The second-order valence-electron chi connectivity index (χ2n) is 3.52. The molecule has 4 nitrogen and oxygen atoms in total. The van der Waals surface area contributed by atoms with E-state index in [-0.39, 0.29) is 16.4 Å². The molecule has 0 atom stereocenters. The van der Waals surface area contributed by atoms with Crippen LogP contribution >= 0.6 is 11.6 Å². The highest BCUT2D eigenvalue weighted by Gasteiger charge is 2.13. The minimum Gasteiger partial charge on any atom is -0.396 e. The number of hydrogen-bond acceptors (Lipinski definition) is 3. The van der Waals surface area contributed by atoms with Gasteiger partial charge < -0.3 is 11.1 Å². The van der Waals surface area contributed by atoms with Crippen LogP contribution < -0.4 is 11.1 Å². The van der Waals surface area contributed by atoms with E-state index in [0.717, 1.165) is 6.07 Å². The van der Waals surface area contributed by atoms with Crippen molar-refractivity contribution in [1.29, 1.82) is 0 Å². The van der Waals surface area contributed by atoms with Crippen molar-refractivity contribution in [3.63, 3.8) is 0 Å². The first-order valence-electron chi connectivity index (χ1n) is 5.05. The predicted octanol–water partition coefficient (Wildman–Crippen LogP) is 2.71. The zero-order valence-electron chi connectivity index (χ0n) is 9.15. The van der Waals surface area contributed by atoms with Gasteiger partial charge in [-0.15, -0.1) is 0 Å². The summed E-state index contributed by atoms with van der Waals surface area (Å²) in [5.74, 6) is -1.13. The predicted molar refractivity (Wildman–Crippen MR) is 68.0 cm³/mol. The molecule has 0 aliphatic carbocycles. The molecule has 0 saturated heterocycles. The largest absolute Gasteiger partial charge is 0.396 e. The number of nitrogens with two attached hydrogens (primary N) is 1. The molecule has 0 aliphatic heterocycles. The van der Waals surface area contributed by atoms with Gasteiger partial charge in [-0.3, -0.25) is 4.79 Å². The lowest BCUT2D eigenvalue weighted by Gasteiger charge is -2.07. The maximum absolute atomic E-state index is 13.5. The molecule has 3 N–H and O–H groups in total. The number of amides is 1. The minimum atomic E-state index is -0.661. The van der Waals surface area contributed by atoms with Gasteiger partial charge in [0.1, 0.15) is 5.82 Å². The van der Waals surface area contributed by atoms with E-state index < -0.39 is 11.7 Å². The van der Waals surface area contributed by atoms with Crippen molar-refractivity contribution in [3.05, 3.63) is 52.9 Å². The lowest BCUT2D eigenvalue weighted by molar-refractivity contribution is 0.102. The maximum Gasteiger partial charge on any atom is 0.259 e. The second-order valence-corrected chi connectivity index (χ2v) is 3.96. The van der Waals surface area contributed by atoms with Gasteiger partial charge in [0.25, 0.3) is 5.91 Å². The number of hydrogen-bond donors (Lipinski definition) is 2. The summed E-state index contributed by atoms with van der Waals surface area (Å²) >= 11 is 5.71. The molecule has 0 bridgehead atoms. The first-order chi connectivity index (χ1) is 8.58. The molecule has 2 aromatic rings. The molecule has 1 aromatic carbocycles. The summed E-state index contributed by atoms with van der Waals surface area (Å²) in [6, 6.07) is 6.94. The molecule has 6 heteroatoms. The summed E-state index contributed by atoms with van der Waals surface area (Å²) in [4.78, 5) is 15.7. The molecular formula is C12H9ClFN3O. The number of pyridine rings is 1. The van der Waals surface area contributed by atoms with Gasteiger partial charge in [0.05, 0.1) is 11.3 Å². The highest BCUT2D eigenvalue weighted by molar-refractivity contribution is 6.31. The molecule has 0 unspecified atom stereocenters. The number of rotatable bonds is 2. The van der Waals surface area contributed by atoms with Gasteiger partial charge in [-0.1, -0.05) is 11.6 Å². The number of aromatic nitrogens is 1. The Morgan fingerprint density at radius 3 is 2.89 bits per heavy atom. The van der Waals surface area contributed by atoms with Crippen molar-refractivity contribution >= 4 is 29.0 Å². The van der Waals surface area contributed by atoms with Crippen LogP contribution in [0.15, 0.2) is 36.5 Å². The van der Waals surface area contributed by atoms with Gasteiger partial charge in [-0.25, -0.2) is 9.37 Å². The van der Waals surface area contributed by atoms with Crippen molar-refractivity contribution in [3.8, 4) is 0 Å². The molecule has 0 saturated carbocycles. The van der Waals surface area contributed by atoms with Crippen LogP contribution in [-0.2, 0) is 0 Å². The molecular weight excluding hydrogens is 257 g/mol. The number of carbonyl (C=O) groups is 1. The Bertz CT molecular complexity index is 604. The lowest BCUT2D eigenvalue weighted by atomic mass is 10.2. The van der Waals surface area contributed by atoms with Crippen LogP contribution in [0.4, 0.5) is 15.9 Å². The molecule has 2 rings (SSSR count). The van der Waals surface area contributed by atoms with Gasteiger partial charge in [0.2, 0.25) is 0 Å². The summed E-state index contributed by atoms with van der Waals surface area (Å²) in [6.07, 6.45) is 1.47. The zero-order chi connectivity index (χ0) is 13.1. The molecule has 0 fully saturated rings. The number of halogens is 2. The Morgan fingerprint density at radius 2 is 2.17 bits per heavy atom. The number of nitrogens with zero attached hydrogens (tertiary/aromatic N) is 1. The molecule has 18 heavy (non-hydrogen) atoms. The standard InChI is InChI=1S/C12H9ClFN3O/c13-7-3-4-9(14)8(6-7)12(18)17-11-10(15)2-1-5-16-11/h1-6H,15H2,(H,16,17,18). The Kier molecular flexibility index (Phi) is 3.43. The molecule has 0 spiro atoms. The first kappa shape index (κ1) is 12.3. The summed E-state index contributed by atoms with van der Waals surface area (Å²) in [7, 11) is 0. The minimum absolute atomic E-state index is 0.160. The summed E-state index contributed by atoms with van der Waals surface area (Å²) in [5, 5.41) is 2.69. The van der Waals surface area contributed by atoms with E-state index in [1.165, 1.54) is 18.3 Å². The third-order valence-corrected chi connectivity index (χ3v) is 2.48. The van der Waals surface area contributed by atoms with Crippen LogP contribution in [-0.4, -0.2) is 10.9 Å². The first-order valence-corrected chi connectivity index (χ1v) is 5.42. The van der Waals surface area contributed by atoms with Crippen molar-refractivity contribution in [2.45, 2.75) is 0 Å². The number of carbonyl (C=O) groups excluding carboxylic acids is 1. The molecule has 92 valence electrons. The van der Waals surface area contributed by atoms with Gasteiger partial charge in [0, 0.05) is 11.2 Å². The van der Waals surface area contributed by atoms with Crippen molar-refractivity contribution in [2.75, 3.05) is 11.1 Å². The van der Waals surface area contributed by atoms with Crippen molar-refractivity contribution in [2.24, 2.45) is 0 Å². The van der Waals surface area contributed by atoms with E-state index in [4.69, 9.17) is 17.3 Å². The SMILES string of the molecule is Nc1cccnc1NC(=O)c1cc(Cl)ccc1F. The molecule has 0 aliphatic rings. The van der Waals surface area contributed by atoms with Gasteiger partial charge in [-0.2, -0.15) is 0 Å². The quantitative estimate of drug-likeness (QED) is 0.877. The molecule has 1 heterocycles. The Morgan fingerprint density at radius 1 is 1.39 bits per heavy atom. The van der Waals surface area contributed by atoms with Crippen molar-refractivity contribution < 1.29 is 9.18 Å². The van der Waals surface area contributed by atoms with E-state index in [9.17, 15) is 9.18 Å². The number of nitrogen functional groups attached to an aromatic ring is 1. The van der Waals surface area contributed by atoms with Crippen LogP contribution in [0.2, 0.25) is 5.02 Å². The number of anilines is 2. The average molecular weight is 266 g/mol. The fourth-order valence-electron chi connectivity index (χ4n) is 1.37. The van der Waals surface area contributed by atoms with Crippen LogP contribution in [0, 0.1) is 5.82 Å². The smallest absolute Gasteiger partial charge is 0.259 e.